The summed E-state index contributed by atoms with van der Waals surface area (Å²) in [6, 6.07) is 16.6. The zero-order chi connectivity index (χ0) is 13.5. The molecule has 2 aromatic rings. The van der Waals surface area contributed by atoms with Crippen LogP contribution in [0.2, 0.25) is 0 Å². The van der Waals surface area contributed by atoms with Crippen LogP contribution in [0.15, 0.2) is 54.6 Å². The van der Waals surface area contributed by atoms with Gasteiger partial charge in [-0.25, -0.2) is 0 Å². The van der Waals surface area contributed by atoms with Crippen molar-refractivity contribution in [2.45, 2.75) is 5.88 Å². The van der Waals surface area contributed by atoms with Crippen molar-refractivity contribution < 1.29 is 9.53 Å². The number of benzene rings is 2. The standard InChI is InChI=1S/C15H14ClNO2/c16-10-12-5-4-6-13(9-12)17-15(18)11-19-14-7-2-1-3-8-14/h1-9H,10-11H2,(H,17,18). The number of para-hydroxylation sites is 1. The fourth-order valence-electron chi connectivity index (χ4n) is 1.59. The predicted octanol–water partition coefficient (Wildman–Crippen LogP) is 3.44. The second-order valence-electron chi connectivity index (χ2n) is 3.98. The summed E-state index contributed by atoms with van der Waals surface area (Å²) in [6.45, 7) is -0.0187. The summed E-state index contributed by atoms with van der Waals surface area (Å²) in [5, 5.41) is 2.76. The number of hydrogen-bond acceptors (Lipinski definition) is 2. The van der Waals surface area contributed by atoms with Crippen LogP contribution < -0.4 is 10.1 Å². The first-order valence-electron chi connectivity index (χ1n) is 5.90. The highest BCUT2D eigenvalue weighted by atomic mass is 35.5. The molecule has 3 nitrogen and oxygen atoms in total. The number of hydrogen-bond donors (Lipinski definition) is 1. The van der Waals surface area contributed by atoms with Gasteiger partial charge in [-0.3, -0.25) is 4.79 Å². The van der Waals surface area contributed by atoms with E-state index in [-0.39, 0.29) is 12.5 Å². The second-order valence-corrected chi connectivity index (χ2v) is 4.25. The van der Waals surface area contributed by atoms with Gasteiger partial charge in [-0.15, -0.1) is 11.6 Å². The Morgan fingerprint density at radius 3 is 2.63 bits per heavy atom. The first-order chi connectivity index (χ1) is 9.28. The van der Waals surface area contributed by atoms with Crippen molar-refractivity contribution in [2.75, 3.05) is 11.9 Å². The van der Waals surface area contributed by atoms with E-state index in [2.05, 4.69) is 5.32 Å². The maximum Gasteiger partial charge on any atom is 0.262 e. The molecule has 0 unspecified atom stereocenters. The van der Waals surface area contributed by atoms with Gasteiger partial charge in [-0.05, 0) is 29.8 Å². The Bertz CT molecular complexity index is 543. The van der Waals surface area contributed by atoms with Gasteiger partial charge >= 0.3 is 0 Å². The van der Waals surface area contributed by atoms with Crippen LogP contribution in [0.3, 0.4) is 0 Å². The van der Waals surface area contributed by atoms with E-state index in [0.717, 1.165) is 11.3 Å². The highest BCUT2D eigenvalue weighted by Crippen LogP contribution is 2.13. The van der Waals surface area contributed by atoms with E-state index in [0.29, 0.717) is 11.6 Å². The Balaban J connectivity index is 1.87. The van der Waals surface area contributed by atoms with Gasteiger partial charge < -0.3 is 10.1 Å². The van der Waals surface area contributed by atoms with Gasteiger partial charge in [0.05, 0.1) is 0 Å². The molecule has 0 atom stereocenters. The molecule has 0 fully saturated rings. The van der Waals surface area contributed by atoms with Gasteiger partial charge in [0.2, 0.25) is 0 Å². The summed E-state index contributed by atoms with van der Waals surface area (Å²) in [7, 11) is 0. The molecule has 19 heavy (non-hydrogen) atoms. The second kappa shape index (κ2) is 6.81. The highest BCUT2D eigenvalue weighted by molar-refractivity contribution is 6.17. The van der Waals surface area contributed by atoms with Crippen molar-refractivity contribution in [1.82, 2.24) is 0 Å². The lowest BCUT2D eigenvalue weighted by atomic mass is 10.2. The average molecular weight is 276 g/mol. The van der Waals surface area contributed by atoms with Crippen LogP contribution in [0.5, 0.6) is 5.75 Å². The SMILES string of the molecule is O=C(COc1ccccc1)Nc1cccc(CCl)c1. The summed E-state index contributed by atoms with van der Waals surface area (Å²) >= 11 is 5.74. The van der Waals surface area contributed by atoms with Gasteiger partial charge in [0.25, 0.3) is 5.91 Å². The number of anilines is 1. The number of ether oxygens (including phenoxy) is 1. The van der Waals surface area contributed by atoms with Crippen molar-refractivity contribution in [1.29, 1.82) is 0 Å². The van der Waals surface area contributed by atoms with E-state index in [9.17, 15) is 4.79 Å². The van der Waals surface area contributed by atoms with Crippen LogP contribution in [0, 0.1) is 0 Å². The van der Waals surface area contributed by atoms with Crippen molar-refractivity contribution in [3.63, 3.8) is 0 Å². The molecule has 0 aromatic heterocycles. The zero-order valence-corrected chi connectivity index (χ0v) is 11.1. The van der Waals surface area contributed by atoms with E-state index in [1.54, 1.807) is 12.1 Å². The van der Waals surface area contributed by atoms with Crippen LogP contribution in [0.1, 0.15) is 5.56 Å². The van der Waals surface area contributed by atoms with Crippen molar-refractivity contribution in [3.8, 4) is 5.75 Å². The fraction of sp³-hybridized carbons (Fsp3) is 0.133. The monoisotopic (exact) mass is 275 g/mol. The Labute approximate surface area is 117 Å². The molecule has 0 aliphatic heterocycles. The zero-order valence-electron chi connectivity index (χ0n) is 10.3. The molecule has 4 heteroatoms. The molecular formula is C15H14ClNO2. The number of carbonyl (C=O) groups is 1. The molecule has 0 aliphatic carbocycles. The summed E-state index contributed by atoms with van der Waals surface area (Å²) in [5.41, 5.74) is 1.68. The van der Waals surface area contributed by atoms with Gasteiger partial charge in [-0.1, -0.05) is 30.3 Å². The van der Waals surface area contributed by atoms with Crippen LogP contribution >= 0.6 is 11.6 Å². The molecule has 1 amide bonds. The summed E-state index contributed by atoms with van der Waals surface area (Å²) in [4.78, 5) is 11.7. The molecule has 0 heterocycles. The van der Waals surface area contributed by atoms with Gasteiger partial charge in [0.1, 0.15) is 5.75 Å². The smallest absolute Gasteiger partial charge is 0.262 e. The largest absolute Gasteiger partial charge is 0.484 e. The molecule has 0 spiro atoms. The number of rotatable bonds is 5. The number of halogens is 1. The summed E-state index contributed by atoms with van der Waals surface area (Å²) in [6.07, 6.45) is 0. The Kier molecular flexibility index (Phi) is 4.81. The first kappa shape index (κ1) is 13.4. The van der Waals surface area contributed by atoms with E-state index < -0.39 is 0 Å². The molecular weight excluding hydrogens is 262 g/mol. The van der Waals surface area contributed by atoms with Crippen LogP contribution in [-0.2, 0) is 10.7 Å². The minimum Gasteiger partial charge on any atom is -0.484 e. The molecule has 1 N–H and O–H groups in total. The predicted molar refractivity (Wildman–Crippen MR) is 76.6 cm³/mol. The topological polar surface area (TPSA) is 38.3 Å². The maximum absolute atomic E-state index is 11.7. The van der Waals surface area contributed by atoms with E-state index in [1.807, 2.05) is 42.5 Å². The molecule has 0 radical (unpaired) electrons. The van der Waals surface area contributed by atoms with Crippen molar-refractivity contribution in [2.24, 2.45) is 0 Å². The third kappa shape index (κ3) is 4.30. The summed E-state index contributed by atoms with van der Waals surface area (Å²) < 4.78 is 5.36. The van der Waals surface area contributed by atoms with E-state index in [4.69, 9.17) is 16.3 Å². The Morgan fingerprint density at radius 1 is 1.11 bits per heavy atom. The lowest BCUT2D eigenvalue weighted by Gasteiger charge is -2.08. The molecule has 98 valence electrons. The molecule has 2 aromatic carbocycles. The number of carbonyl (C=O) groups excluding carboxylic acids is 1. The van der Waals surface area contributed by atoms with Gasteiger partial charge in [0.15, 0.2) is 6.61 Å². The first-order valence-corrected chi connectivity index (χ1v) is 6.44. The minimum atomic E-state index is -0.199. The quantitative estimate of drug-likeness (QED) is 0.849. The third-order valence-corrected chi connectivity index (χ3v) is 2.79. The van der Waals surface area contributed by atoms with Crippen LogP contribution in [-0.4, -0.2) is 12.5 Å². The Hall–Kier alpha value is -2.00. The minimum absolute atomic E-state index is 0.0187. The third-order valence-electron chi connectivity index (χ3n) is 2.48. The molecule has 0 saturated heterocycles. The molecule has 2 rings (SSSR count). The number of alkyl halides is 1. The summed E-state index contributed by atoms with van der Waals surface area (Å²) in [5.74, 6) is 0.896. The Morgan fingerprint density at radius 2 is 1.89 bits per heavy atom. The lowest BCUT2D eigenvalue weighted by molar-refractivity contribution is -0.118. The van der Waals surface area contributed by atoms with E-state index >= 15 is 0 Å². The van der Waals surface area contributed by atoms with Crippen LogP contribution in [0.25, 0.3) is 0 Å². The lowest BCUT2D eigenvalue weighted by Crippen LogP contribution is -2.20. The molecule has 0 bridgehead atoms. The van der Waals surface area contributed by atoms with Gasteiger partial charge in [0, 0.05) is 11.6 Å². The van der Waals surface area contributed by atoms with Gasteiger partial charge in [-0.2, -0.15) is 0 Å². The van der Waals surface area contributed by atoms with Crippen molar-refractivity contribution in [3.05, 3.63) is 60.2 Å². The molecule has 0 saturated carbocycles. The number of amides is 1. The number of nitrogens with one attached hydrogen (secondary N) is 1. The average Bonchev–Trinajstić information content (AvgIpc) is 2.46. The van der Waals surface area contributed by atoms with Crippen LogP contribution in [0.4, 0.5) is 5.69 Å². The normalized spacial score (nSPS) is 9.95. The van der Waals surface area contributed by atoms with Crippen molar-refractivity contribution >= 4 is 23.2 Å². The van der Waals surface area contributed by atoms with E-state index in [1.165, 1.54) is 0 Å². The molecule has 0 aliphatic rings. The fourth-order valence-corrected chi connectivity index (χ4v) is 1.76. The highest BCUT2D eigenvalue weighted by Gasteiger charge is 2.04. The maximum atomic E-state index is 11.7.